The van der Waals surface area contributed by atoms with Crippen molar-refractivity contribution in [2.24, 2.45) is 10.2 Å². The Hall–Kier alpha value is -4.99. The number of hydrogen-bond acceptors (Lipinski definition) is 6. The average molecular weight is 486 g/mol. The predicted octanol–water partition coefficient (Wildman–Crippen LogP) is 5.28. The minimum absolute atomic E-state index is 0.0165. The molecule has 0 bridgehead atoms. The molecule has 36 heavy (non-hydrogen) atoms. The van der Waals surface area contributed by atoms with Gasteiger partial charge in [0.15, 0.2) is 11.4 Å². The van der Waals surface area contributed by atoms with Crippen LogP contribution in [0.5, 0.6) is 5.75 Å². The van der Waals surface area contributed by atoms with Crippen molar-refractivity contribution >= 4 is 23.3 Å². The van der Waals surface area contributed by atoms with E-state index < -0.39 is 17.5 Å². The quantitative estimate of drug-likeness (QED) is 0.272. The summed E-state index contributed by atoms with van der Waals surface area (Å²) in [6.45, 7) is 5.60. The number of phenols is 1. The highest BCUT2D eigenvalue weighted by atomic mass is 16.4. The Morgan fingerprint density at radius 2 is 1.53 bits per heavy atom. The Bertz CT molecular complexity index is 1580. The summed E-state index contributed by atoms with van der Waals surface area (Å²) in [6.07, 6.45) is 0. The maximum atomic E-state index is 13.0. The number of aromatic amines is 1. The summed E-state index contributed by atoms with van der Waals surface area (Å²) in [7, 11) is 0. The van der Waals surface area contributed by atoms with E-state index in [1.807, 2.05) is 32.0 Å². The lowest BCUT2D eigenvalue weighted by Gasteiger charge is -2.09. The molecule has 10 nitrogen and oxygen atoms in total. The molecular formula is C26H22N4O6. The van der Waals surface area contributed by atoms with Crippen molar-refractivity contribution in [1.29, 1.82) is 0 Å². The normalized spacial score (nSPS) is 11.2. The van der Waals surface area contributed by atoms with E-state index in [4.69, 9.17) is 0 Å². The van der Waals surface area contributed by atoms with E-state index in [9.17, 15) is 29.7 Å². The zero-order valence-electron chi connectivity index (χ0n) is 19.6. The maximum Gasteiger partial charge on any atom is 0.335 e. The van der Waals surface area contributed by atoms with Gasteiger partial charge in [0.25, 0.3) is 5.56 Å². The lowest BCUT2D eigenvalue weighted by atomic mass is 9.98. The second-order valence-corrected chi connectivity index (χ2v) is 8.28. The molecule has 1 heterocycles. The highest BCUT2D eigenvalue weighted by Crippen LogP contribution is 2.38. The number of carbonyl (C=O) groups is 2. The number of aromatic hydroxyl groups is 1. The number of nitrogens with one attached hydrogen (secondary N) is 1. The highest BCUT2D eigenvalue weighted by Gasteiger charge is 2.17. The number of carboxylic acids is 2. The smallest absolute Gasteiger partial charge is 0.335 e. The van der Waals surface area contributed by atoms with Gasteiger partial charge in [0, 0.05) is 5.56 Å². The fraction of sp³-hybridized carbons (Fsp3) is 0.115. The monoisotopic (exact) mass is 486 g/mol. The molecule has 4 aromatic rings. The maximum absolute atomic E-state index is 13.0. The molecule has 4 N–H and O–H groups in total. The third-order valence-electron chi connectivity index (χ3n) is 5.80. The Morgan fingerprint density at radius 3 is 2.14 bits per heavy atom. The van der Waals surface area contributed by atoms with Gasteiger partial charge in [-0.05, 0) is 73.9 Å². The third kappa shape index (κ3) is 4.51. The minimum atomic E-state index is -1.31. The predicted molar refractivity (Wildman–Crippen MR) is 132 cm³/mol. The molecule has 0 fully saturated rings. The third-order valence-corrected chi connectivity index (χ3v) is 5.80. The summed E-state index contributed by atoms with van der Waals surface area (Å²) in [5.74, 6) is -2.96. The van der Waals surface area contributed by atoms with Crippen molar-refractivity contribution in [2.45, 2.75) is 20.8 Å². The minimum Gasteiger partial charge on any atom is -0.505 e. The molecule has 0 saturated heterocycles. The molecule has 0 unspecified atom stereocenters. The van der Waals surface area contributed by atoms with Gasteiger partial charge in [-0.3, -0.25) is 9.89 Å². The zero-order chi connectivity index (χ0) is 26.1. The average Bonchev–Trinajstić information content (AvgIpc) is 3.12. The summed E-state index contributed by atoms with van der Waals surface area (Å²) in [5, 5.41) is 40.6. The van der Waals surface area contributed by atoms with E-state index in [1.54, 1.807) is 13.0 Å². The molecule has 0 radical (unpaired) electrons. The van der Waals surface area contributed by atoms with Crippen molar-refractivity contribution in [1.82, 2.24) is 9.78 Å². The molecule has 4 rings (SSSR count). The van der Waals surface area contributed by atoms with Crippen LogP contribution in [0.4, 0.5) is 11.4 Å². The number of para-hydroxylation sites is 1. The van der Waals surface area contributed by atoms with E-state index in [-0.39, 0.29) is 39.4 Å². The van der Waals surface area contributed by atoms with Crippen LogP contribution < -0.4 is 5.56 Å². The first-order chi connectivity index (χ1) is 17.1. The van der Waals surface area contributed by atoms with Crippen LogP contribution in [0.25, 0.3) is 16.8 Å². The summed E-state index contributed by atoms with van der Waals surface area (Å²) in [4.78, 5) is 35.9. The number of benzene rings is 3. The van der Waals surface area contributed by atoms with Gasteiger partial charge in [-0.25, -0.2) is 14.3 Å². The number of hydrogen-bond donors (Lipinski definition) is 4. The van der Waals surface area contributed by atoms with Crippen LogP contribution in [0.2, 0.25) is 0 Å². The molecule has 0 aliphatic carbocycles. The van der Waals surface area contributed by atoms with E-state index >= 15 is 0 Å². The molecule has 0 atom stereocenters. The summed E-state index contributed by atoms with van der Waals surface area (Å²) >= 11 is 0. The number of azo groups is 1. The Labute approximate surface area is 204 Å². The van der Waals surface area contributed by atoms with E-state index in [2.05, 4.69) is 15.3 Å². The first kappa shape index (κ1) is 24.1. The van der Waals surface area contributed by atoms with Crippen molar-refractivity contribution in [2.75, 3.05) is 0 Å². The number of carboxylic acid groups (broad SMARTS) is 2. The Balaban J connectivity index is 1.74. The lowest BCUT2D eigenvalue weighted by Crippen LogP contribution is -2.14. The van der Waals surface area contributed by atoms with Gasteiger partial charge in [0.1, 0.15) is 5.69 Å². The van der Waals surface area contributed by atoms with Crippen LogP contribution >= 0.6 is 0 Å². The number of phenolic OH excluding ortho intramolecular Hbond substituents is 1. The summed E-state index contributed by atoms with van der Waals surface area (Å²) in [6, 6.07) is 13.6. The van der Waals surface area contributed by atoms with Crippen molar-refractivity contribution < 1.29 is 24.9 Å². The van der Waals surface area contributed by atoms with Crippen molar-refractivity contribution in [3.05, 3.63) is 92.9 Å². The Morgan fingerprint density at radius 1 is 0.861 bits per heavy atom. The molecule has 0 aliphatic heterocycles. The first-order valence-corrected chi connectivity index (χ1v) is 10.8. The first-order valence-electron chi connectivity index (χ1n) is 10.8. The number of rotatable bonds is 6. The summed E-state index contributed by atoms with van der Waals surface area (Å²) < 4.78 is 1.36. The molecule has 0 amide bonds. The summed E-state index contributed by atoms with van der Waals surface area (Å²) in [5.41, 5.74) is 2.73. The van der Waals surface area contributed by atoms with E-state index in [1.165, 1.54) is 28.9 Å². The topological polar surface area (TPSA) is 157 Å². The number of aromatic nitrogens is 2. The molecule has 182 valence electrons. The van der Waals surface area contributed by atoms with Gasteiger partial charge in [0.05, 0.1) is 22.5 Å². The largest absolute Gasteiger partial charge is 0.505 e. The molecule has 10 heteroatoms. The van der Waals surface area contributed by atoms with Gasteiger partial charge in [-0.15, -0.1) is 10.2 Å². The van der Waals surface area contributed by atoms with Crippen LogP contribution in [-0.2, 0) is 0 Å². The molecule has 0 saturated carbocycles. The molecule has 0 spiro atoms. The van der Waals surface area contributed by atoms with Crippen molar-refractivity contribution in [3.63, 3.8) is 0 Å². The number of aryl methyl sites for hydroxylation is 3. The number of H-pyrrole nitrogens is 1. The van der Waals surface area contributed by atoms with Crippen LogP contribution in [0, 0.1) is 20.8 Å². The fourth-order valence-electron chi connectivity index (χ4n) is 3.68. The number of nitrogens with zero attached hydrogens (tertiary/aromatic N) is 3. The number of aromatic carboxylic acids is 2. The molecule has 1 aromatic heterocycles. The van der Waals surface area contributed by atoms with E-state index in [0.717, 1.165) is 17.2 Å². The molecule has 3 aromatic carbocycles. The molecular weight excluding hydrogens is 464 g/mol. The lowest BCUT2D eigenvalue weighted by molar-refractivity contribution is 0.0696. The second-order valence-electron chi connectivity index (χ2n) is 8.28. The van der Waals surface area contributed by atoms with Crippen LogP contribution in [0.1, 0.15) is 37.5 Å². The SMILES string of the molecule is Cc1ccc(-n2[nH]c(C)c(N=Nc3cccc(-c4cc(C(=O)O)cc(C(=O)O)c4)c3O)c2=O)cc1C. The highest BCUT2D eigenvalue weighted by molar-refractivity contribution is 5.96. The zero-order valence-corrected chi connectivity index (χ0v) is 19.6. The van der Waals surface area contributed by atoms with Gasteiger partial charge >= 0.3 is 11.9 Å². The van der Waals surface area contributed by atoms with E-state index in [0.29, 0.717) is 11.4 Å². The van der Waals surface area contributed by atoms with Crippen LogP contribution in [0.3, 0.4) is 0 Å². The second kappa shape index (κ2) is 9.34. The van der Waals surface area contributed by atoms with Gasteiger partial charge in [0.2, 0.25) is 0 Å². The van der Waals surface area contributed by atoms with Gasteiger partial charge < -0.3 is 15.3 Å². The van der Waals surface area contributed by atoms with Crippen LogP contribution in [0.15, 0.2) is 69.6 Å². The fourth-order valence-corrected chi connectivity index (χ4v) is 3.68. The van der Waals surface area contributed by atoms with Gasteiger partial charge in [-0.2, -0.15) is 0 Å². The van der Waals surface area contributed by atoms with Crippen molar-refractivity contribution in [3.8, 4) is 22.6 Å². The molecule has 0 aliphatic rings. The van der Waals surface area contributed by atoms with Crippen LogP contribution in [-0.4, -0.2) is 37.0 Å². The standard InChI is InChI=1S/C26H22N4O6/c1-13-7-8-19(9-14(13)2)30-24(32)22(15(3)29-30)28-27-21-6-4-5-20(23(21)31)16-10-17(25(33)34)12-18(11-16)26(35)36/h4-12,29,31H,1-3H3,(H,33,34)(H,35,36). The van der Waals surface area contributed by atoms with Gasteiger partial charge in [-0.1, -0.05) is 18.2 Å². The Kier molecular flexibility index (Phi) is 6.26.